The van der Waals surface area contributed by atoms with E-state index in [-0.39, 0.29) is 23.2 Å². The van der Waals surface area contributed by atoms with E-state index >= 15 is 0 Å². The van der Waals surface area contributed by atoms with Gasteiger partial charge in [0.1, 0.15) is 0 Å². The maximum Gasteiger partial charge on any atom is 0.416 e. The highest BCUT2D eigenvalue weighted by molar-refractivity contribution is 6.32. The van der Waals surface area contributed by atoms with Crippen molar-refractivity contribution in [1.29, 1.82) is 0 Å². The van der Waals surface area contributed by atoms with E-state index in [9.17, 15) is 18.0 Å². The van der Waals surface area contributed by atoms with Crippen LogP contribution in [-0.2, 0) is 15.7 Å². The Bertz CT molecular complexity index is 1020. The highest BCUT2D eigenvalue weighted by Crippen LogP contribution is 2.33. The van der Waals surface area contributed by atoms with Gasteiger partial charge in [-0.25, -0.2) is 0 Å². The Morgan fingerprint density at radius 1 is 1.15 bits per heavy atom. The van der Waals surface area contributed by atoms with Crippen LogP contribution in [0.1, 0.15) is 22.7 Å². The molecule has 34 heavy (non-hydrogen) atoms. The lowest BCUT2D eigenvalue weighted by Crippen LogP contribution is -2.43. The second-order valence-corrected chi connectivity index (χ2v) is 8.00. The standard InChI is InChI=1S/C24H26ClF3N2O4/c1-32-21-7-3-17(14-22(21)33-2)20(30-9-11-34-12-10-30)15-29-23(31)8-4-16-13-18(24(26,27)28)5-6-19(16)25/h3-8,13-14,20H,9-12,15H2,1-2H3,(H,29,31)/b8-4+. The summed E-state index contributed by atoms with van der Waals surface area (Å²) in [5.74, 6) is 0.716. The second-order valence-electron chi connectivity index (χ2n) is 7.59. The third kappa shape index (κ3) is 6.65. The van der Waals surface area contributed by atoms with E-state index in [4.69, 9.17) is 25.8 Å². The van der Waals surface area contributed by atoms with Gasteiger partial charge in [-0.1, -0.05) is 17.7 Å². The Morgan fingerprint density at radius 3 is 2.50 bits per heavy atom. The van der Waals surface area contributed by atoms with E-state index in [0.717, 1.165) is 23.8 Å². The number of nitrogens with zero attached hydrogens (tertiary/aromatic N) is 1. The van der Waals surface area contributed by atoms with Gasteiger partial charge in [0, 0.05) is 30.7 Å². The lowest BCUT2D eigenvalue weighted by Gasteiger charge is -2.35. The number of carbonyl (C=O) groups excluding carboxylic acids is 1. The van der Waals surface area contributed by atoms with E-state index in [1.165, 1.54) is 12.2 Å². The number of hydrogen-bond donors (Lipinski definition) is 1. The molecule has 0 radical (unpaired) electrons. The number of morpholine rings is 1. The molecular formula is C24H26ClF3N2O4. The zero-order valence-electron chi connectivity index (χ0n) is 18.8. The molecule has 1 N–H and O–H groups in total. The number of ether oxygens (including phenoxy) is 3. The molecule has 0 spiro atoms. The molecule has 1 aliphatic rings. The molecule has 1 heterocycles. The van der Waals surface area contributed by atoms with E-state index in [0.29, 0.717) is 37.8 Å². The van der Waals surface area contributed by atoms with Crippen LogP contribution in [0.4, 0.5) is 13.2 Å². The van der Waals surface area contributed by atoms with Crippen LogP contribution in [0, 0.1) is 0 Å². The average molecular weight is 499 g/mol. The fourth-order valence-electron chi connectivity index (χ4n) is 3.68. The summed E-state index contributed by atoms with van der Waals surface area (Å²) in [6.07, 6.45) is -2.06. The fraction of sp³-hybridized carbons (Fsp3) is 0.375. The van der Waals surface area contributed by atoms with Gasteiger partial charge in [0.15, 0.2) is 11.5 Å². The maximum atomic E-state index is 13.0. The minimum Gasteiger partial charge on any atom is -0.493 e. The quantitative estimate of drug-likeness (QED) is 0.540. The highest BCUT2D eigenvalue weighted by Gasteiger charge is 2.30. The molecule has 184 valence electrons. The summed E-state index contributed by atoms with van der Waals surface area (Å²) in [6.45, 7) is 2.79. The van der Waals surface area contributed by atoms with Gasteiger partial charge in [-0.2, -0.15) is 13.2 Å². The van der Waals surface area contributed by atoms with Gasteiger partial charge >= 0.3 is 6.18 Å². The van der Waals surface area contributed by atoms with E-state index in [2.05, 4.69) is 10.2 Å². The van der Waals surface area contributed by atoms with Gasteiger partial charge in [-0.05, 0) is 47.5 Å². The molecule has 2 aromatic rings. The highest BCUT2D eigenvalue weighted by atomic mass is 35.5. The number of carbonyl (C=O) groups is 1. The average Bonchev–Trinajstić information content (AvgIpc) is 2.83. The van der Waals surface area contributed by atoms with Gasteiger partial charge in [0.25, 0.3) is 0 Å². The zero-order chi connectivity index (χ0) is 24.7. The third-order valence-corrected chi connectivity index (χ3v) is 5.83. The molecule has 1 fully saturated rings. The third-order valence-electron chi connectivity index (χ3n) is 5.49. The molecule has 2 aromatic carbocycles. The van der Waals surface area contributed by atoms with Crippen molar-refractivity contribution in [3.63, 3.8) is 0 Å². The summed E-state index contributed by atoms with van der Waals surface area (Å²) >= 11 is 6.00. The van der Waals surface area contributed by atoms with Gasteiger partial charge < -0.3 is 19.5 Å². The molecule has 0 aromatic heterocycles. The molecule has 0 saturated carbocycles. The van der Waals surface area contributed by atoms with Crippen molar-refractivity contribution in [2.45, 2.75) is 12.2 Å². The van der Waals surface area contributed by atoms with Gasteiger partial charge in [0.05, 0.1) is 39.0 Å². The maximum absolute atomic E-state index is 13.0. The lowest BCUT2D eigenvalue weighted by atomic mass is 10.0. The SMILES string of the molecule is COc1ccc(C(CNC(=O)/C=C/c2cc(C(F)(F)F)ccc2Cl)N2CCOCC2)cc1OC. The summed E-state index contributed by atoms with van der Waals surface area (Å²) in [5, 5.41) is 2.95. The van der Waals surface area contributed by atoms with Crippen LogP contribution in [-0.4, -0.2) is 57.9 Å². The van der Waals surface area contributed by atoms with Gasteiger partial charge in [-0.15, -0.1) is 0 Å². The molecule has 6 nitrogen and oxygen atoms in total. The fourth-order valence-corrected chi connectivity index (χ4v) is 3.86. The zero-order valence-corrected chi connectivity index (χ0v) is 19.6. The molecule has 1 unspecified atom stereocenters. The van der Waals surface area contributed by atoms with Crippen LogP contribution < -0.4 is 14.8 Å². The van der Waals surface area contributed by atoms with Crippen LogP contribution in [0.25, 0.3) is 6.08 Å². The molecule has 0 bridgehead atoms. The summed E-state index contributed by atoms with van der Waals surface area (Å²) in [4.78, 5) is 14.7. The Morgan fingerprint density at radius 2 is 1.85 bits per heavy atom. The van der Waals surface area contributed by atoms with Gasteiger partial charge in [-0.3, -0.25) is 9.69 Å². The van der Waals surface area contributed by atoms with Crippen molar-refractivity contribution in [2.75, 3.05) is 47.1 Å². The first-order valence-corrected chi connectivity index (χ1v) is 11.0. The van der Waals surface area contributed by atoms with Gasteiger partial charge in [0.2, 0.25) is 5.91 Å². The number of amides is 1. The minimum atomic E-state index is -4.50. The second kappa shape index (κ2) is 11.6. The molecule has 3 rings (SSSR count). The predicted octanol–water partition coefficient (Wildman–Crippen LogP) is 4.58. The first kappa shape index (κ1) is 25.9. The lowest BCUT2D eigenvalue weighted by molar-refractivity contribution is -0.137. The number of benzene rings is 2. The van der Waals surface area contributed by atoms with Crippen molar-refractivity contribution in [3.05, 3.63) is 64.2 Å². The number of rotatable bonds is 8. The molecule has 1 aliphatic heterocycles. The predicted molar refractivity (Wildman–Crippen MR) is 123 cm³/mol. The van der Waals surface area contributed by atoms with Crippen molar-refractivity contribution >= 4 is 23.6 Å². The number of alkyl halides is 3. The van der Waals surface area contributed by atoms with Crippen LogP contribution in [0.5, 0.6) is 11.5 Å². The van der Waals surface area contributed by atoms with Crippen molar-refractivity contribution in [2.24, 2.45) is 0 Å². The number of hydrogen-bond acceptors (Lipinski definition) is 5. The Kier molecular flexibility index (Phi) is 8.82. The Balaban J connectivity index is 1.75. The van der Waals surface area contributed by atoms with Crippen LogP contribution >= 0.6 is 11.6 Å². The summed E-state index contributed by atoms with van der Waals surface area (Å²) in [7, 11) is 3.11. The minimum absolute atomic E-state index is 0.108. The summed E-state index contributed by atoms with van der Waals surface area (Å²) in [5.41, 5.74) is 0.193. The molecule has 1 atom stereocenters. The molecule has 1 saturated heterocycles. The molecule has 10 heteroatoms. The monoisotopic (exact) mass is 498 g/mol. The van der Waals surface area contributed by atoms with E-state index in [1.54, 1.807) is 20.3 Å². The molecule has 0 aliphatic carbocycles. The van der Waals surface area contributed by atoms with E-state index in [1.807, 2.05) is 12.1 Å². The first-order valence-electron chi connectivity index (χ1n) is 10.6. The van der Waals surface area contributed by atoms with E-state index < -0.39 is 17.6 Å². The van der Waals surface area contributed by atoms with Crippen LogP contribution in [0.15, 0.2) is 42.5 Å². The number of methoxy groups -OCH3 is 2. The molecular weight excluding hydrogens is 473 g/mol. The Labute approximate surface area is 201 Å². The first-order chi connectivity index (χ1) is 16.2. The summed E-state index contributed by atoms with van der Waals surface area (Å²) < 4.78 is 55.1. The largest absolute Gasteiger partial charge is 0.493 e. The van der Waals surface area contributed by atoms with Crippen LogP contribution in [0.2, 0.25) is 5.02 Å². The smallest absolute Gasteiger partial charge is 0.416 e. The topological polar surface area (TPSA) is 60.0 Å². The van der Waals surface area contributed by atoms with Crippen LogP contribution in [0.3, 0.4) is 0 Å². The number of halogens is 4. The van der Waals surface area contributed by atoms with Crippen molar-refractivity contribution in [3.8, 4) is 11.5 Å². The molecule has 1 amide bonds. The van der Waals surface area contributed by atoms with Crippen molar-refractivity contribution in [1.82, 2.24) is 10.2 Å². The Hall–Kier alpha value is -2.75. The normalized spacial score (nSPS) is 15.8. The summed E-state index contributed by atoms with van der Waals surface area (Å²) in [6, 6.07) is 8.38. The van der Waals surface area contributed by atoms with Crippen molar-refractivity contribution < 1.29 is 32.2 Å². The number of nitrogens with one attached hydrogen (secondary N) is 1.